The maximum Gasteiger partial charge on any atom is 0.312 e. The highest BCUT2D eigenvalue weighted by molar-refractivity contribution is 9.09. The lowest BCUT2D eigenvalue weighted by Crippen LogP contribution is -2.57. The van der Waals surface area contributed by atoms with E-state index in [2.05, 4.69) is 39.4 Å². The average molecular weight is 679 g/mol. The molecule has 0 aliphatic carbocycles. The molecule has 7 atom stereocenters. The normalized spacial score (nSPS) is 27.4. The van der Waals surface area contributed by atoms with Gasteiger partial charge in [0.05, 0.1) is 42.7 Å². The van der Waals surface area contributed by atoms with Gasteiger partial charge in [0.25, 0.3) is 0 Å². The van der Waals surface area contributed by atoms with Crippen molar-refractivity contribution in [2.24, 2.45) is 11.8 Å². The fraction of sp³-hybridized carbons (Fsp3) is 0.424. The second kappa shape index (κ2) is 12.9. The molecule has 1 spiro atoms. The molecule has 3 saturated heterocycles. The van der Waals surface area contributed by atoms with Crippen LogP contribution in [0.25, 0.3) is 11.0 Å². The van der Waals surface area contributed by atoms with Gasteiger partial charge in [0.2, 0.25) is 11.8 Å². The minimum Gasteiger partial charge on any atom is -0.465 e. The zero-order chi connectivity index (χ0) is 31.7. The second-order valence-corrected chi connectivity index (χ2v) is 12.9. The van der Waals surface area contributed by atoms with Crippen LogP contribution in [-0.4, -0.2) is 90.0 Å². The first kappa shape index (κ1) is 31.1. The van der Waals surface area contributed by atoms with Crippen LogP contribution in [0.1, 0.15) is 30.9 Å². The maximum atomic E-state index is 14.9. The minimum atomic E-state index is -1.33. The first-order chi connectivity index (χ1) is 21.9. The minimum absolute atomic E-state index is 0.0374. The number of amides is 2. The number of rotatable bonds is 13. The molecule has 45 heavy (non-hydrogen) atoms. The number of carbonyl (C=O) groups is 3. The van der Waals surface area contributed by atoms with Crippen molar-refractivity contribution in [1.29, 1.82) is 0 Å². The Bertz CT molecular complexity index is 1600. The van der Waals surface area contributed by atoms with Crippen molar-refractivity contribution in [2.45, 2.75) is 54.5 Å². The summed E-state index contributed by atoms with van der Waals surface area (Å²) in [5, 5.41) is 19.2. The predicted octanol–water partition coefficient (Wildman–Crippen LogP) is 3.39. The van der Waals surface area contributed by atoms with Gasteiger partial charge in [-0.15, -0.1) is 18.3 Å². The Labute approximate surface area is 269 Å². The SMILES string of the molecule is C=CCCCOC(=O)[C@H]1[C@H]2C(=O)N([C@H](CO)c3ccccc3)C(C(=O)N(CC=C)Cn3nnc4ccccc43)C23CC(Br)[C@@H]1O3. The number of allylic oxidation sites excluding steroid dienone is 1. The zero-order valence-electron chi connectivity index (χ0n) is 24.8. The summed E-state index contributed by atoms with van der Waals surface area (Å²) in [4.78, 5) is 45.8. The number of unbranched alkanes of at least 4 members (excludes halogenated alkanes) is 1. The average Bonchev–Trinajstić information content (AvgIpc) is 3.77. The second-order valence-electron chi connectivity index (χ2n) is 11.7. The van der Waals surface area contributed by atoms with Gasteiger partial charge in [-0.05, 0) is 37.0 Å². The number of aliphatic hydroxyl groups excluding tert-OH is 1. The Hall–Kier alpha value is -3.87. The van der Waals surface area contributed by atoms with Crippen molar-refractivity contribution in [3.05, 3.63) is 85.5 Å². The topological polar surface area (TPSA) is 127 Å². The predicted molar refractivity (Wildman–Crippen MR) is 169 cm³/mol. The van der Waals surface area contributed by atoms with Crippen molar-refractivity contribution in [2.75, 3.05) is 19.8 Å². The number of halogens is 1. The van der Waals surface area contributed by atoms with E-state index in [0.29, 0.717) is 30.3 Å². The van der Waals surface area contributed by atoms with E-state index < -0.39 is 60.0 Å². The summed E-state index contributed by atoms with van der Waals surface area (Å²) in [6.45, 7) is 7.51. The third-order valence-electron chi connectivity index (χ3n) is 9.11. The Morgan fingerprint density at radius 3 is 2.67 bits per heavy atom. The number of ether oxygens (including phenoxy) is 2. The Morgan fingerprint density at radius 1 is 1.18 bits per heavy atom. The molecule has 0 saturated carbocycles. The van der Waals surface area contributed by atoms with Gasteiger partial charge in [-0.3, -0.25) is 14.4 Å². The molecule has 3 aliphatic rings. The van der Waals surface area contributed by atoms with Gasteiger partial charge in [0.15, 0.2) is 0 Å². The summed E-state index contributed by atoms with van der Waals surface area (Å²) in [5.41, 5.74) is 0.751. The van der Waals surface area contributed by atoms with Crippen LogP contribution in [0.4, 0.5) is 0 Å². The van der Waals surface area contributed by atoms with Crippen molar-refractivity contribution in [1.82, 2.24) is 24.8 Å². The highest BCUT2D eigenvalue weighted by atomic mass is 79.9. The lowest BCUT2D eigenvalue weighted by Gasteiger charge is -2.39. The highest BCUT2D eigenvalue weighted by Gasteiger charge is 2.77. The number of para-hydroxylation sites is 1. The quantitative estimate of drug-likeness (QED) is 0.126. The first-order valence-electron chi connectivity index (χ1n) is 15.1. The molecule has 0 radical (unpaired) electrons. The fourth-order valence-corrected chi connectivity index (χ4v) is 8.15. The van der Waals surface area contributed by atoms with E-state index in [4.69, 9.17) is 9.47 Å². The Kier molecular flexibility index (Phi) is 8.89. The van der Waals surface area contributed by atoms with Crippen LogP contribution in [0.3, 0.4) is 0 Å². The van der Waals surface area contributed by atoms with Gasteiger partial charge < -0.3 is 24.4 Å². The van der Waals surface area contributed by atoms with Crippen molar-refractivity contribution in [3.8, 4) is 0 Å². The number of hydrogen-bond acceptors (Lipinski definition) is 8. The molecular formula is C33H36BrN5O6. The number of carbonyl (C=O) groups excluding carboxylic acids is 3. The number of aliphatic hydroxyl groups is 1. The van der Waals surface area contributed by atoms with Gasteiger partial charge >= 0.3 is 5.97 Å². The lowest BCUT2D eigenvalue weighted by atomic mass is 9.70. The van der Waals surface area contributed by atoms with Crippen LogP contribution in [0, 0.1) is 11.8 Å². The lowest BCUT2D eigenvalue weighted by molar-refractivity contribution is -0.157. The van der Waals surface area contributed by atoms with E-state index in [1.165, 1.54) is 4.90 Å². The van der Waals surface area contributed by atoms with Gasteiger partial charge in [-0.1, -0.05) is 75.8 Å². The van der Waals surface area contributed by atoms with Crippen LogP contribution in [0.5, 0.6) is 0 Å². The fourth-order valence-electron chi connectivity index (χ4n) is 7.21. The molecule has 2 bridgehead atoms. The third kappa shape index (κ3) is 5.28. The Balaban J connectivity index is 1.41. The monoisotopic (exact) mass is 677 g/mol. The maximum absolute atomic E-state index is 14.9. The summed E-state index contributed by atoms with van der Waals surface area (Å²) >= 11 is 3.70. The molecule has 12 heteroatoms. The van der Waals surface area contributed by atoms with Crippen molar-refractivity contribution in [3.63, 3.8) is 0 Å². The molecule has 3 aromatic rings. The number of alkyl halides is 1. The van der Waals surface area contributed by atoms with Gasteiger partial charge in [-0.2, -0.15) is 0 Å². The van der Waals surface area contributed by atoms with Crippen LogP contribution in [-0.2, 0) is 30.5 Å². The molecule has 236 valence electrons. The molecule has 3 aliphatic heterocycles. The standard InChI is InChI=1S/C33H36BrN5O6/c1-3-5-11-17-44-32(43)26-27-30(41)39(25(19-40)21-12-7-6-8-13-21)29(33(27)18-22(34)28(26)45-33)31(42)37(16-4-2)20-38-24-15-10-9-14-23(24)35-36-38/h3-4,6-10,12-15,22,25-29,40H,1-2,5,11,16-20H2/t22?,25-,26+,27+,28+,29?,33?/m1/s1. The number of fused-ring (bicyclic) bond motifs is 2. The molecular weight excluding hydrogens is 642 g/mol. The van der Waals surface area contributed by atoms with E-state index in [1.807, 2.05) is 54.6 Å². The largest absolute Gasteiger partial charge is 0.465 e. The molecule has 3 unspecified atom stereocenters. The summed E-state index contributed by atoms with van der Waals surface area (Å²) in [5.74, 6) is -3.23. The number of aromatic nitrogens is 3. The summed E-state index contributed by atoms with van der Waals surface area (Å²) < 4.78 is 13.9. The van der Waals surface area contributed by atoms with Gasteiger partial charge in [-0.25, -0.2) is 4.68 Å². The van der Waals surface area contributed by atoms with Crippen LogP contribution in [0.15, 0.2) is 79.9 Å². The van der Waals surface area contributed by atoms with Crippen molar-refractivity contribution < 1.29 is 29.0 Å². The number of hydrogen-bond donors (Lipinski definition) is 1. The van der Waals surface area contributed by atoms with E-state index in [9.17, 15) is 19.5 Å². The molecule has 1 N–H and O–H groups in total. The van der Waals surface area contributed by atoms with Gasteiger partial charge in [0.1, 0.15) is 23.8 Å². The third-order valence-corrected chi connectivity index (χ3v) is 9.95. The molecule has 3 fully saturated rings. The zero-order valence-corrected chi connectivity index (χ0v) is 26.4. The molecule has 11 nitrogen and oxygen atoms in total. The van der Waals surface area contributed by atoms with E-state index in [0.717, 1.165) is 5.52 Å². The molecule has 6 rings (SSSR count). The van der Waals surface area contributed by atoms with Crippen LogP contribution in [0.2, 0.25) is 0 Å². The molecule has 4 heterocycles. The number of likely N-dealkylation sites (tertiary alicyclic amines) is 1. The summed E-state index contributed by atoms with van der Waals surface area (Å²) in [6.07, 6.45) is 4.32. The highest BCUT2D eigenvalue weighted by Crippen LogP contribution is 2.61. The summed E-state index contributed by atoms with van der Waals surface area (Å²) in [6, 6.07) is 14.5. The number of benzene rings is 2. The van der Waals surface area contributed by atoms with E-state index in [1.54, 1.807) is 21.7 Å². The smallest absolute Gasteiger partial charge is 0.312 e. The van der Waals surface area contributed by atoms with Crippen molar-refractivity contribution >= 4 is 44.7 Å². The number of nitrogens with zero attached hydrogens (tertiary/aromatic N) is 5. The van der Waals surface area contributed by atoms with E-state index >= 15 is 0 Å². The van der Waals surface area contributed by atoms with Crippen LogP contribution < -0.4 is 0 Å². The van der Waals surface area contributed by atoms with Crippen LogP contribution >= 0.6 is 15.9 Å². The molecule has 2 amide bonds. The molecule has 1 aromatic heterocycles. The Morgan fingerprint density at radius 2 is 1.93 bits per heavy atom. The summed E-state index contributed by atoms with van der Waals surface area (Å²) in [7, 11) is 0. The molecule has 2 aromatic carbocycles. The first-order valence-corrected chi connectivity index (χ1v) is 16.0. The van der Waals surface area contributed by atoms with Gasteiger partial charge in [0, 0.05) is 11.4 Å². The number of esters is 1. The van der Waals surface area contributed by atoms with E-state index in [-0.39, 0.29) is 24.6 Å².